The van der Waals surface area contributed by atoms with Gasteiger partial charge in [-0.1, -0.05) is 68.8 Å². The van der Waals surface area contributed by atoms with Crippen molar-refractivity contribution in [1.29, 1.82) is 0 Å². The minimum atomic E-state index is -2.05. The first-order valence-corrected chi connectivity index (χ1v) is 19.7. The molecular weight excluding hydrogens is 644 g/mol. The Hall–Kier alpha value is -2.01. The molecule has 0 saturated carbocycles. The van der Waals surface area contributed by atoms with Gasteiger partial charge in [-0.25, -0.2) is 6.54 Å². The molecule has 41 heavy (non-hydrogen) atoms. The minimum Gasteiger partial charge on any atom is -0.520 e. The molecule has 1 fully saturated rings. The Morgan fingerprint density at radius 1 is 1.17 bits per heavy atom. The SMILES string of the molecule is CC(C)Oc1ccc([N+](=O)[O-])cc1[CH]=[Ru]([Cl])[Cl].CCC1=C(N2[CH-]C(C)(c3ccccc3)CC2(C)C)[C@H](CC)CC=C1. The number of allylic oxidation sites excluding steroid dienone is 4. The van der Waals surface area contributed by atoms with Gasteiger partial charge in [-0.15, -0.1) is 5.41 Å². The Labute approximate surface area is 259 Å². The molecule has 2 aliphatic rings. The first-order chi connectivity index (χ1) is 19.3. The molecule has 0 amide bonds. The average Bonchev–Trinajstić information content (AvgIpc) is 3.18. The molecule has 4 rings (SSSR count). The monoisotopic (exact) mass is 687 g/mol. The summed E-state index contributed by atoms with van der Waals surface area (Å²) in [5.74, 6) is 1.21. The van der Waals surface area contributed by atoms with E-state index in [4.69, 9.17) is 24.1 Å². The molecule has 0 bridgehead atoms. The molecule has 2 atom stereocenters. The molecule has 1 saturated heterocycles. The summed E-state index contributed by atoms with van der Waals surface area (Å²) in [7, 11) is 11.6. The maximum absolute atomic E-state index is 10.7. The van der Waals surface area contributed by atoms with Crippen LogP contribution in [0.1, 0.15) is 85.3 Å². The van der Waals surface area contributed by atoms with E-state index in [2.05, 4.69) is 88.5 Å². The number of nitrogens with zero attached hydrogens (tertiary/aromatic N) is 2. The third-order valence-corrected chi connectivity index (χ3v) is 9.47. The second-order valence-electron chi connectivity index (χ2n) is 11.7. The summed E-state index contributed by atoms with van der Waals surface area (Å²) in [6.07, 6.45) is 9.38. The van der Waals surface area contributed by atoms with Crippen LogP contribution in [0.4, 0.5) is 5.69 Å². The molecular formula is C33H43Cl2N2O3Ru-. The Kier molecular flexibility index (Phi) is 11.8. The maximum atomic E-state index is 10.7. The van der Waals surface area contributed by atoms with E-state index in [0.717, 1.165) is 12.8 Å². The van der Waals surface area contributed by atoms with Crippen LogP contribution in [-0.2, 0) is 18.9 Å². The summed E-state index contributed by atoms with van der Waals surface area (Å²) in [4.78, 5) is 12.8. The zero-order valence-corrected chi connectivity index (χ0v) is 28.4. The van der Waals surface area contributed by atoms with Crippen molar-refractivity contribution < 1.29 is 23.2 Å². The van der Waals surface area contributed by atoms with Gasteiger partial charge in [-0.05, 0) is 56.7 Å². The van der Waals surface area contributed by atoms with Crippen molar-refractivity contribution in [3.05, 3.63) is 99.7 Å². The van der Waals surface area contributed by atoms with E-state index in [1.54, 1.807) is 16.4 Å². The zero-order valence-electron chi connectivity index (χ0n) is 25.1. The first-order valence-electron chi connectivity index (χ1n) is 14.2. The Morgan fingerprint density at radius 2 is 1.85 bits per heavy atom. The molecule has 0 aromatic heterocycles. The van der Waals surface area contributed by atoms with Gasteiger partial charge in [0, 0.05) is 5.54 Å². The number of rotatable bonds is 8. The number of non-ortho nitro benzene ring substituents is 1. The van der Waals surface area contributed by atoms with E-state index in [1.165, 1.54) is 36.1 Å². The summed E-state index contributed by atoms with van der Waals surface area (Å²) >= 11 is -2.05. The van der Waals surface area contributed by atoms with Crippen molar-refractivity contribution in [3.8, 4) is 5.75 Å². The van der Waals surface area contributed by atoms with Crippen molar-refractivity contribution in [1.82, 2.24) is 4.90 Å². The molecule has 5 nitrogen and oxygen atoms in total. The van der Waals surface area contributed by atoms with E-state index in [9.17, 15) is 10.1 Å². The van der Waals surface area contributed by atoms with Crippen LogP contribution >= 0.6 is 19.4 Å². The molecule has 2 aromatic rings. The van der Waals surface area contributed by atoms with Gasteiger partial charge in [-0.2, -0.15) is 0 Å². The molecule has 1 heterocycles. The number of likely N-dealkylation sites (tertiary alicyclic amines) is 1. The molecule has 1 aliphatic heterocycles. The second-order valence-corrected chi connectivity index (χ2v) is 17.5. The summed E-state index contributed by atoms with van der Waals surface area (Å²) < 4.78 is 7.17. The number of nitro benzene ring substituents is 1. The number of hydrogen-bond acceptors (Lipinski definition) is 4. The van der Waals surface area contributed by atoms with Crippen LogP contribution < -0.4 is 4.74 Å². The fraction of sp³-hybridized carbons (Fsp3) is 0.455. The van der Waals surface area contributed by atoms with E-state index >= 15 is 0 Å². The molecule has 0 spiro atoms. The Balaban J connectivity index is 0.000000241. The summed E-state index contributed by atoms with van der Waals surface area (Å²) in [5, 5.41) is 10.7. The van der Waals surface area contributed by atoms with Crippen LogP contribution in [0.15, 0.2) is 72.0 Å². The van der Waals surface area contributed by atoms with Gasteiger partial charge in [0.15, 0.2) is 0 Å². The molecule has 1 unspecified atom stereocenters. The van der Waals surface area contributed by atoms with Crippen LogP contribution in [0.2, 0.25) is 0 Å². The van der Waals surface area contributed by atoms with E-state index in [-0.39, 0.29) is 22.7 Å². The molecule has 0 radical (unpaired) electrons. The van der Waals surface area contributed by atoms with Crippen LogP contribution in [0.3, 0.4) is 0 Å². The predicted molar refractivity (Wildman–Crippen MR) is 169 cm³/mol. The van der Waals surface area contributed by atoms with Crippen LogP contribution in [-0.4, -0.2) is 26.1 Å². The smallest absolute Gasteiger partial charge is 0.00420 e. The first kappa shape index (κ1) is 33.5. The third kappa shape index (κ3) is 8.52. The topological polar surface area (TPSA) is 55.6 Å². The van der Waals surface area contributed by atoms with E-state index < -0.39 is 18.4 Å². The van der Waals surface area contributed by atoms with Crippen LogP contribution in [0.5, 0.6) is 5.75 Å². The average molecular weight is 688 g/mol. The van der Waals surface area contributed by atoms with Crippen molar-refractivity contribution in [3.63, 3.8) is 0 Å². The molecule has 226 valence electrons. The summed E-state index contributed by atoms with van der Waals surface area (Å²) in [6, 6.07) is 15.4. The number of nitro groups is 1. The quantitative estimate of drug-likeness (QED) is 0.120. The van der Waals surface area contributed by atoms with Crippen molar-refractivity contribution in [2.45, 2.75) is 91.2 Å². The zero-order chi connectivity index (χ0) is 30.4. The fourth-order valence-electron chi connectivity index (χ4n) is 5.90. The standard InChI is InChI=1S/C23H32N.C10H11NO3.2ClH.Ru/c1-6-18-12-11-13-19(7-2)21(18)24-17-23(5,16-22(24,3)4)20-14-9-8-10-15-20;1-7(2)14-10-5-4-9(11(12)13)6-8(10)3;;;/h8-12,14-15,17,19H,6-7,13,16H2,1-5H3;3-7H,1-2H3;2*1H;/q-1;;;;+2/p-2/t19-,23?;;;;/m1..../s1. The van der Waals surface area contributed by atoms with Gasteiger partial charge in [0.1, 0.15) is 0 Å². The van der Waals surface area contributed by atoms with Gasteiger partial charge in [-0.3, -0.25) is 0 Å². The third-order valence-electron chi connectivity index (χ3n) is 7.64. The largest absolute Gasteiger partial charge is 0.520 e. The fourth-order valence-corrected chi connectivity index (χ4v) is 7.68. The second kappa shape index (κ2) is 14.4. The molecule has 1 aliphatic carbocycles. The van der Waals surface area contributed by atoms with Gasteiger partial charge in [0.2, 0.25) is 0 Å². The van der Waals surface area contributed by atoms with Crippen molar-refractivity contribution in [2.24, 2.45) is 5.92 Å². The summed E-state index contributed by atoms with van der Waals surface area (Å²) in [6.45, 7) is 18.1. The van der Waals surface area contributed by atoms with Crippen LogP contribution in [0.25, 0.3) is 0 Å². The van der Waals surface area contributed by atoms with Gasteiger partial charge < -0.3 is 4.90 Å². The number of benzene rings is 2. The van der Waals surface area contributed by atoms with Crippen LogP contribution in [0, 0.1) is 22.6 Å². The number of halogens is 2. The summed E-state index contributed by atoms with van der Waals surface area (Å²) in [5.41, 5.74) is 5.36. The predicted octanol–water partition coefficient (Wildman–Crippen LogP) is 9.70. The Morgan fingerprint density at radius 3 is 2.41 bits per heavy atom. The number of hydrogen-bond donors (Lipinski definition) is 0. The minimum absolute atomic E-state index is 0.00360. The Bertz CT molecular complexity index is 1300. The van der Waals surface area contributed by atoms with E-state index in [0.29, 0.717) is 17.2 Å². The van der Waals surface area contributed by atoms with Gasteiger partial charge in [0.05, 0.1) is 0 Å². The van der Waals surface area contributed by atoms with Gasteiger partial charge in [0.25, 0.3) is 0 Å². The molecule has 8 heteroatoms. The number of ether oxygens (including phenoxy) is 1. The molecule has 2 aromatic carbocycles. The normalized spacial score (nSPS) is 21.9. The van der Waals surface area contributed by atoms with Crippen molar-refractivity contribution >= 4 is 29.7 Å². The van der Waals surface area contributed by atoms with Gasteiger partial charge >= 0.3 is 112 Å². The maximum Gasteiger partial charge on any atom is 0.00420 e. The van der Waals surface area contributed by atoms with E-state index in [1.807, 2.05) is 13.8 Å². The molecule has 0 N–H and O–H groups in total. The van der Waals surface area contributed by atoms with Crippen molar-refractivity contribution in [2.75, 3.05) is 0 Å².